The van der Waals surface area contributed by atoms with E-state index in [1.165, 1.54) is 14.0 Å². The number of nitrogens with zero attached hydrogens (tertiary/aromatic N) is 2. The molecule has 0 radical (unpaired) electrons. The zero-order valence-corrected chi connectivity index (χ0v) is 20.7. The predicted octanol–water partition coefficient (Wildman–Crippen LogP) is 2.56. The van der Waals surface area contributed by atoms with Crippen LogP contribution >= 0.6 is 0 Å². The number of oxime groups is 1. The van der Waals surface area contributed by atoms with E-state index < -0.39 is 48.0 Å². The zero-order chi connectivity index (χ0) is 25.6. The Hall–Kier alpha value is -2.75. The number of aliphatic hydroxyl groups excluding tert-OH is 2. The Balaban J connectivity index is 2.11. The van der Waals surface area contributed by atoms with Gasteiger partial charge in [-0.2, -0.15) is 0 Å². The average Bonchev–Trinajstić information content (AvgIpc) is 3.06. The van der Waals surface area contributed by atoms with Gasteiger partial charge in [-0.15, -0.1) is 0 Å². The van der Waals surface area contributed by atoms with Crippen molar-refractivity contribution in [1.82, 2.24) is 4.57 Å². The summed E-state index contributed by atoms with van der Waals surface area (Å²) in [5.74, 6) is -2.43. The molecule has 0 aliphatic rings. The molecule has 0 fully saturated rings. The normalized spacial score (nSPS) is 16.2. The summed E-state index contributed by atoms with van der Waals surface area (Å²) in [6.45, 7) is 6.57. The number of carbonyl (C=O) groups excluding carboxylic acids is 1. The fourth-order valence-corrected chi connectivity index (χ4v) is 4.04. The molecular formula is C25H36N2O7. The van der Waals surface area contributed by atoms with Gasteiger partial charge in [0.05, 0.1) is 12.0 Å². The fourth-order valence-electron chi connectivity index (χ4n) is 4.04. The number of carbonyl (C=O) groups is 2. The fraction of sp³-hybridized carbons (Fsp3) is 0.560. The van der Waals surface area contributed by atoms with Gasteiger partial charge in [-0.1, -0.05) is 44.1 Å². The summed E-state index contributed by atoms with van der Waals surface area (Å²) < 4.78 is 7.39. The van der Waals surface area contributed by atoms with Gasteiger partial charge in [-0.25, -0.2) is 0 Å². The molecule has 0 aliphatic carbocycles. The SMILES string of the molecule is CO[C@H](/C(=N/OCC(=O)C[C@@H](Cc1cn(C)c2ccccc12)C(=O)O)[C@@H](O)[C@@H](C)O)C(C)(C)C. The highest BCUT2D eigenvalue weighted by molar-refractivity contribution is 5.93. The van der Waals surface area contributed by atoms with E-state index in [-0.39, 0.29) is 18.6 Å². The third-order valence-electron chi connectivity index (χ3n) is 5.72. The van der Waals surface area contributed by atoms with Crippen molar-refractivity contribution in [3.05, 3.63) is 36.0 Å². The third-order valence-corrected chi connectivity index (χ3v) is 5.72. The summed E-state index contributed by atoms with van der Waals surface area (Å²) >= 11 is 0. The molecule has 0 spiro atoms. The van der Waals surface area contributed by atoms with E-state index in [0.717, 1.165) is 16.5 Å². The number of carboxylic acid groups (broad SMARTS) is 1. The molecule has 9 nitrogen and oxygen atoms in total. The number of ketones is 1. The molecule has 0 aliphatic heterocycles. The molecule has 1 aromatic heterocycles. The first-order valence-electron chi connectivity index (χ1n) is 11.2. The van der Waals surface area contributed by atoms with E-state index >= 15 is 0 Å². The van der Waals surface area contributed by atoms with Crippen LogP contribution < -0.4 is 0 Å². The molecule has 0 unspecified atom stereocenters. The lowest BCUT2D eigenvalue weighted by molar-refractivity contribution is -0.144. The van der Waals surface area contributed by atoms with Gasteiger partial charge in [-0.3, -0.25) is 9.59 Å². The molecule has 2 rings (SSSR count). The van der Waals surface area contributed by atoms with E-state index in [4.69, 9.17) is 9.57 Å². The molecule has 2 aromatic rings. The maximum absolute atomic E-state index is 12.5. The second-order valence-corrected chi connectivity index (χ2v) is 9.72. The van der Waals surface area contributed by atoms with Crippen LogP contribution in [0.4, 0.5) is 0 Å². The first kappa shape index (κ1) is 27.5. The van der Waals surface area contributed by atoms with Crippen molar-refractivity contribution in [3.8, 4) is 0 Å². The highest BCUT2D eigenvalue weighted by atomic mass is 16.6. The van der Waals surface area contributed by atoms with Crippen LogP contribution in [-0.2, 0) is 32.6 Å². The molecule has 0 saturated carbocycles. The first-order chi connectivity index (χ1) is 15.9. The number of aromatic nitrogens is 1. The maximum Gasteiger partial charge on any atom is 0.307 e. The minimum absolute atomic E-state index is 0.0586. The Bertz CT molecular complexity index is 1020. The Labute approximate surface area is 200 Å². The lowest BCUT2D eigenvalue weighted by atomic mass is 9.83. The van der Waals surface area contributed by atoms with Crippen molar-refractivity contribution in [3.63, 3.8) is 0 Å². The molecule has 4 atom stereocenters. The molecular weight excluding hydrogens is 440 g/mol. The smallest absolute Gasteiger partial charge is 0.307 e. The molecule has 1 heterocycles. The van der Waals surface area contributed by atoms with E-state index in [2.05, 4.69) is 5.16 Å². The van der Waals surface area contributed by atoms with Crippen LogP contribution in [0.5, 0.6) is 0 Å². The highest BCUT2D eigenvalue weighted by Gasteiger charge is 2.36. The number of rotatable bonds is 12. The van der Waals surface area contributed by atoms with Crippen LogP contribution in [0.25, 0.3) is 10.9 Å². The number of ether oxygens (including phenoxy) is 1. The number of hydrogen-bond acceptors (Lipinski definition) is 7. The van der Waals surface area contributed by atoms with E-state index in [1.54, 1.807) is 0 Å². The number of Topliss-reactive ketones (excluding diaryl/α,β-unsaturated/α-hetero) is 1. The van der Waals surface area contributed by atoms with Gasteiger partial charge in [0.1, 0.15) is 17.9 Å². The molecule has 0 saturated heterocycles. The van der Waals surface area contributed by atoms with Crippen molar-refractivity contribution < 1.29 is 34.5 Å². The number of para-hydroxylation sites is 1. The Morgan fingerprint density at radius 3 is 2.38 bits per heavy atom. The predicted molar refractivity (Wildman–Crippen MR) is 129 cm³/mol. The average molecular weight is 477 g/mol. The summed E-state index contributed by atoms with van der Waals surface area (Å²) in [6, 6.07) is 7.69. The number of carboxylic acids is 1. The van der Waals surface area contributed by atoms with Crippen LogP contribution in [-0.4, -0.2) is 69.4 Å². The minimum atomic E-state index is -1.35. The van der Waals surface area contributed by atoms with Gasteiger partial charge in [0.2, 0.25) is 0 Å². The van der Waals surface area contributed by atoms with Gasteiger partial charge < -0.3 is 29.5 Å². The number of aliphatic hydroxyl groups is 2. The quantitative estimate of drug-likeness (QED) is 0.317. The zero-order valence-electron chi connectivity index (χ0n) is 20.7. The van der Waals surface area contributed by atoms with Gasteiger partial charge >= 0.3 is 5.97 Å². The first-order valence-corrected chi connectivity index (χ1v) is 11.2. The monoisotopic (exact) mass is 476 g/mol. The number of benzene rings is 1. The summed E-state index contributed by atoms with van der Waals surface area (Å²) in [4.78, 5) is 29.6. The van der Waals surface area contributed by atoms with Crippen LogP contribution in [0.1, 0.15) is 39.7 Å². The van der Waals surface area contributed by atoms with Crippen LogP contribution in [0.3, 0.4) is 0 Å². The van der Waals surface area contributed by atoms with Crippen molar-refractivity contribution in [2.24, 2.45) is 23.5 Å². The Kier molecular flexibility index (Phi) is 9.37. The minimum Gasteiger partial charge on any atom is -0.481 e. The van der Waals surface area contributed by atoms with E-state index in [0.29, 0.717) is 0 Å². The Morgan fingerprint density at radius 1 is 1.18 bits per heavy atom. The molecule has 188 valence electrons. The van der Waals surface area contributed by atoms with Gasteiger partial charge in [-0.05, 0) is 30.4 Å². The molecule has 0 amide bonds. The molecule has 0 bridgehead atoms. The van der Waals surface area contributed by atoms with E-state index in [9.17, 15) is 24.9 Å². The van der Waals surface area contributed by atoms with Gasteiger partial charge in [0.25, 0.3) is 0 Å². The van der Waals surface area contributed by atoms with Gasteiger partial charge in [0, 0.05) is 37.7 Å². The summed E-state index contributed by atoms with van der Waals surface area (Å²) in [5, 5.41) is 34.8. The summed E-state index contributed by atoms with van der Waals surface area (Å²) in [6.07, 6.45) is -1.30. The molecule has 1 aromatic carbocycles. The summed E-state index contributed by atoms with van der Waals surface area (Å²) in [5.41, 5.74) is 1.43. The number of aryl methyl sites for hydroxylation is 1. The lowest BCUT2D eigenvalue weighted by Crippen LogP contribution is -2.46. The van der Waals surface area contributed by atoms with Crippen LogP contribution in [0.15, 0.2) is 35.6 Å². The summed E-state index contributed by atoms with van der Waals surface area (Å²) in [7, 11) is 3.35. The topological polar surface area (TPSA) is 131 Å². The van der Waals surface area contributed by atoms with Crippen LogP contribution in [0.2, 0.25) is 0 Å². The van der Waals surface area contributed by atoms with Gasteiger partial charge in [0.15, 0.2) is 12.4 Å². The van der Waals surface area contributed by atoms with Crippen molar-refractivity contribution in [2.75, 3.05) is 13.7 Å². The second-order valence-electron chi connectivity index (χ2n) is 9.72. The lowest BCUT2D eigenvalue weighted by Gasteiger charge is -2.32. The highest BCUT2D eigenvalue weighted by Crippen LogP contribution is 2.26. The van der Waals surface area contributed by atoms with Crippen molar-refractivity contribution in [1.29, 1.82) is 0 Å². The number of hydrogen-bond donors (Lipinski definition) is 3. The number of methoxy groups -OCH3 is 1. The van der Waals surface area contributed by atoms with Crippen molar-refractivity contribution >= 4 is 28.4 Å². The second kappa shape index (κ2) is 11.6. The van der Waals surface area contributed by atoms with E-state index in [1.807, 2.05) is 62.8 Å². The van der Waals surface area contributed by atoms with Crippen molar-refractivity contribution in [2.45, 2.75) is 58.8 Å². The standard InChI is InChI=1S/C25H36N2O7/c1-15(28)22(30)21(23(33-6)25(2,3)4)26-34-14-18(29)12-16(24(31)32)11-17-13-27(5)20-10-8-7-9-19(17)20/h7-10,13,15-16,22-23,28,30H,11-12,14H2,1-6H3,(H,31,32)/b26-21+/t15-,16-,22+,23-/m1/s1. The van der Waals surface area contributed by atoms with Crippen LogP contribution in [0, 0.1) is 11.3 Å². The molecule has 3 N–H and O–H groups in total. The largest absolute Gasteiger partial charge is 0.481 e. The maximum atomic E-state index is 12.5. The molecule has 34 heavy (non-hydrogen) atoms. The molecule has 9 heteroatoms. The number of fused-ring (bicyclic) bond motifs is 1. The number of aliphatic carboxylic acids is 1. The Morgan fingerprint density at radius 2 is 1.82 bits per heavy atom. The third kappa shape index (κ3) is 6.88.